The molecule has 3 rings (SSSR count). The summed E-state index contributed by atoms with van der Waals surface area (Å²) in [6.45, 7) is 4.73. The van der Waals surface area contributed by atoms with Crippen LogP contribution in [0.4, 0.5) is 4.79 Å². The fourth-order valence-electron chi connectivity index (χ4n) is 3.11. The first-order valence-electron chi connectivity index (χ1n) is 8.05. The minimum Gasteiger partial charge on any atom is -0.445 e. The van der Waals surface area contributed by atoms with Crippen LogP contribution in [-0.4, -0.2) is 17.5 Å². The fraction of sp³-hybridized carbons (Fsp3) is 0.250. The van der Waals surface area contributed by atoms with Gasteiger partial charge in [0.1, 0.15) is 6.61 Å². The Balaban J connectivity index is 1.75. The van der Waals surface area contributed by atoms with Crippen molar-refractivity contribution in [1.82, 2.24) is 4.90 Å². The monoisotopic (exact) mass is 341 g/mol. The average Bonchev–Trinajstić information content (AvgIpc) is 2.61. The Labute approximate surface area is 147 Å². The van der Waals surface area contributed by atoms with Gasteiger partial charge in [0.15, 0.2) is 0 Å². The van der Waals surface area contributed by atoms with E-state index in [4.69, 9.17) is 16.3 Å². The van der Waals surface area contributed by atoms with Crippen LogP contribution in [0.2, 0.25) is 5.02 Å². The van der Waals surface area contributed by atoms with E-state index >= 15 is 0 Å². The van der Waals surface area contributed by atoms with Crippen molar-refractivity contribution in [2.24, 2.45) is 0 Å². The van der Waals surface area contributed by atoms with Gasteiger partial charge in [-0.1, -0.05) is 54.1 Å². The standard InChI is InChI=1S/C20H20ClNO2/c1-2-6-19-18-10-9-17(21)13-16(18)11-12-22(19)20(23)24-14-15-7-4-3-5-8-15/h2-5,7-10,13,19H,1,6,11-12,14H2. The number of hydrogen-bond acceptors (Lipinski definition) is 2. The van der Waals surface area contributed by atoms with Crippen LogP contribution < -0.4 is 0 Å². The molecule has 0 fully saturated rings. The number of benzene rings is 2. The molecule has 0 bridgehead atoms. The Morgan fingerprint density at radius 2 is 2.08 bits per heavy atom. The molecule has 1 aliphatic rings. The van der Waals surface area contributed by atoms with Crippen LogP contribution in [-0.2, 0) is 17.8 Å². The first-order chi connectivity index (χ1) is 11.7. The van der Waals surface area contributed by atoms with Crippen LogP contribution in [0.25, 0.3) is 0 Å². The Morgan fingerprint density at radius 3 is 2.83 bits per heavy atom. The molecule has 1 unspecified atom stereocenters. The molecule has 3 nitrogen and oxygen atoms in total. The molecule has 1 heterocycles. The minimum absolute atomic E-state index is 0.0493. The minimum atomic E-state index is -0.286. The highest BCUT2D eigenvalue weighted by Crippen LogP contribution is 2.34. The van der Waals surface area contributed by atoms with E-state index < -0.39 is 0 Å². The molecule has 1 amide bonds. The summed E-state index contributed by atoms with van der Waals surface area (Å²) in [5, 5.41) is 0.728. The lowest BCUT2D eigenvalue weighted by Crippen LogP contribution is -2.40. The van der Waals surface area contributed by atoms with Crippen molar-refractivity contribution in [3.8, 4) is 0 Å². The molecule has 0 radical (unpaired) electrons. The Morgan fingerprint density at radius 1 is 1.29 bits per heavy atom. The lowest BCUT2D eigenvalue weighted by atomic mass is 9.91. The quantitative estimate of drug-likeness (QED) is 0.719. The third kappa shape index (κ3) is 3.62. The van der Waals surface area contributed by atoms with E-state index in [0.717, 1.165) is 22.6 Å². The zero-order chi connectivity index (χ0) is 16.9. The van der Waals surface area contributed by atoms with E-state index in [2.05, 4.69) is 6.58 Å². The van der Waals surface area contributed by atoms with Crippen molar-refractivity contribution in [3.63, 3.8) is 0 Å². The average molecular weight is 342 g/mol. The third-order valence-electron chi connectivity index (χ3n) is 4.29. The number of carbonyl (C=O) groups excluding carboxylic acids is 1. The Hall–Kier alpha value is -2.26. The molecule has 0 N–H and O–H groups in total. The van der Waals surface area contributed by atoms with Gasteiger partial charge in [0.25, 0.3) is 0 Å². The number of hydrogen-bond donors (Lipinski definition) is 0. The zero-order valence-electron chi connectivity index (χ0n) is 13.5. The van der Waals surface area contributed by atoms with Crippen molar-refractivity contribution in [1.29, 1.82) is 0 Å². The van der Waals surface area contributed by atoms with Crippen molar-refractivity contribution in [3.05, 3.63) is 82.9 Å². The number of amides is 1. The van der Waals surface area contributed by atoms with Crippen LogP contribution in [0.1, 0.15) is 29.2 Å². The smallest absolute Gasteiger partial charge is 0.410 e. The highest BCUT2D eigenvalue weighted by Gasteiger charge is 2.31. The molecule has 1 aliphatic heterocycles. The number of carbonyl (C=O) groups is 1. The van der Waals surface area contributed by atoms with Crippen LogP contribution in [0.3, 0.4) is 0 Å². The highest BCUT2D eigenvalue weighted by molar-refractivity contribution is 6.30. The van der Waals surface area contributed by atoms with Gasteiger partial charge in [-0.2, -0.15) is 0 Å². The summed E-state index contributed by atoms with van der Waals surface area (Å²) in [7, 11) is 0. The predicted octanol–water partition coefficient (Wildman–Crippen LogP) is 5.15. The summed E-state index contributed by atoms with van der Waals surface area (Å²) in [6, 6.07) is 15.5. The summed E-state index contributed by atoms with van der Waals surface area (Å²) in [4.78, 5) is 14.4. The van der Waals surface area contributed by atoms with Gasteiger partial charge >= 0.3 is 6.09 Å². The molecule has 2 aromatic carbocycles. The van der Waals surface area contributed by atoms with E-state index in [1.54, 1.807) is 4.90 Å². The third-order valence-corrected chi connectivity index (χ3v) is 4.53. The van der Waals surface area contributed by atoms with Gasteiger partial charge in [0.05, 0.1) is 6.04 Å². The fourth-order valence-corrected chi connectivity index (χ4v) is 3.31. The van der Waals surface area contributed by atoms with Crippen molar-refractivity contribution in [2.75, 3.05) is 6.54 Å². The van der Waals surface area contributed by atoms with Gasteiger partial charge in [-0.05, 0) is 41.7 Å². The van der Waals surface area contributed by atoms with E-state index in [9.17, 15) is 4.79 Å². The maximum Gasteiger partial charge on any atom is 0.410 e. The van der Waals surface area contributed by atoms with Crippen molar-refractivity contribution < 1.29 is 9.53 Å². The lowest BCUT2D eigenvalue weighted by molar-refractivity contribution is 0.0774. The molecule has 0 saturated heterocycles. The maximum absolute atomic E-state index is 12.6. The molecule has 0 aromatic heterocycles. The second-order valence-corrected chi connectivity index (χ2v) is 6.30. The first kappa shape index (κ1) is 16.6. The topological polar surface area (TPSA) is 29.5 Å². The molecule has 1 atom stereocenters. The molecule has 24 heavy (non-hydrogen) atoms. The molecule has 2 aromatic rings. The van der Waals surface area contributed by atoms with Crippen LogP contribution in [0.5, 0.6) is 0 Å². The van der Waals surface area contributed by atoms with Crippen LogP contribution in [0, 0.1) is 0 Å². The van der Waals surface area contributed by atoms with Crippen molar-refractivity contribution >= 4 is 17.7 Å². The molecule has 4 heteroatoms. The summed E-state index contributed by atoms with van der Waals surface area (Å²) >= 11 is 6.09. The van der Waals surface area contributed by atoms with Crippen LogP contribution >= 0.6 is 11.6 Å². The van der Waals surface area contributed by atoms with Gasteiger partial charge in [-0.3, -0.25) is 0 Å². The number of nitrogens with zero attached hydrogens (tertiary/aromatic N) is 1. The van der Waals surface area contributed by atoms with Gasteiger partial charge in [0.2, 0.25) is 0 Å². The number of ether oxygens (including phenoxy) is 1. The molecule has 0 aliphatic carbocycles. The Kier molecular flexibility index (Phi) is 5.21. The zero-order valence-corrected chi connectivity index (χ0v) is 14.2. The van der Waals surface area contributed by atoms with Gasteiger partial charge in [0, 0.05) is 11.6 Å². The predicted molar refractivity (Wildman–Crippen MR) is 96.0 cm³/mol. The highest BCUT2D eigenvalue weighted by atomic mass is 35.5. The van der Waals surface area contributed by atoms with E-state index in [1.807, 2.05) is 54.6 Å². The van der Waals surface area contributed by atoms with Crippen LogP contribution in [0.15, 0.2) is 61.2 Å². The SMILES string of the molecule is C=CCC1c2ccc(Cl)cc2CCN1C(=O)OCc1ccccc1. The summed E-state index contributed by atoms with van der Waals surface area (Å²) in [5.41, 5.74) is 3.30. The number of fused-ring (bicyclic) bond motifs is 1. The Bertz CT molecular complexity index is 730. The van der Waals surface area contributed by atoms with E-state index in [0.29, 0.717) is 13.0 Å². The second kappa shape index (κ2) is 7.54. The van der Waals surface area contributed by atoms with Gasteiger partial charge in [-0.25, -0.2) is 4.79 Å². The summed E-state index contributed by atoms with van der Waals surface area (Å²) < 4.78 is 5.51. The van der Waals surface area contributed by atoms with Crippen molar-refractivity contribution in [2.45, 2.75) is 25.5 Å². The molecule has 0 saturated carbocycles. The summed E-state index contributed by atoms with van der Waals surface area (Å²) in [6.07, 6.45) is 3.02. The molecular weight excluding hydrogens is 322 g/mol. The summed E-state index contributed by atoms with van der Waals surface area (Å²) in [5.74, 6) is 0. The maximum atomic E-state index is 12.6. The number of halogens is 1. The number of rotatable bonds is 4. The van der Waals surface area contributed by atoms with Gasteiger partial charge < -0.3 is 9.64 Å². The van der Waals surface area contributed by atoms with E-state index in [1.165, 1.54) is 5.56 Å². The second-order valence-electron chi connectivity index (χ2n) is 5.87. The molecular formula is C20H20ClNO2. The first-order valence-corrected chi connectivity index (χ1v) is 8.43. The van der Waals surface area contributed by atoms with E-state index in [-0.39, 0.29) is 18.7 Å². The lowest BCUT2D eigenvalue weighted by Gasteiger charge is -2.36. The molecule has 124 valence electrons. The molecule has 0 spiro atoms. The largest absolute Gasteiger partial charge is 0.445 e. The normalized spacial score (nSPS) is 16.4. The van der Waals surface area contributed by atoms with Gasteiger partial charge in [-0.15, -0.1) is 6.58 Å².